The first-order valence-electron chi connectivity index (χ1n) is 4.69. The Morgan fingerprint density at radius 1 is 1.23 bits per heavy atom. The van der Waals surface area contributed by atoms with Crippen LogP contribution < -0.4 is 10.5 Å². The summed E-state index contributed by atoms with van der Waals surface area (Å²) in [5, 5.41) is -0.345. The van der Waals surface area contributed by atoms with Crippen molar-refractivity contribution in [2.24, 2.45) is 5.73 Å². The minimum absolute atomic E-state index is 0.345. The molecule has 0 aromatic heterocycles. The molecule has 0 rings (SSSR count). The topological polar surface area (TPSA) is 72.2 Å². The van der Waals surface area contributed by atoms with Gasteiger partial charge < -0.3 is 5.73 Å². The largest absolute Gasteiger partial charge is 0.330 e. The summed E-state index contributed by atoms with van der Waals surface area (Å²) in [6.07, 6.45) is 2.81. The minimum atomic E-state index is -3.07. The summed E-state index contributed by atoms with van der Waals surface area (Å²) in [7, 11) is -3.07. The molecule has 0 aromatic carbocycles. The summed E-state index contributed by atoms with van der Waals surface area (Å²) in [5.41, 5.74) is 5.31. The molecule has 5 heteroatoms. The Balaban J connectivity index is 3.53. The zero-order valence-corrected chi connectivity index (χ0v) is 9.23. The molecule has 0 aliphatic rings. The van der Waals surface area contributed by atoms with Gasteiger partial charge in [0.25, 0.3) is 0 Å². The maximum Gasteiger partial charge on any atom is 0.213 e. The van der Waals surface area contributed by atoms with Crippen molar-refractivity contribution in [1.82, 2.24) is 4.72 Å². The molecule has 0 saturated carbocycles. The second-order valence-corrected chi connectivity index (χ2v) is 5.66. The van der Waals surface area contributed by atoms with Crippen LogP contribution in [-0.2, 0) is 10.0 Å². The Morgan fingerprint density at radius 3 is 2.31 bits per heavy atom. The third-order valence-electron chi connectivity index (χ3n) is 1.80. The number of hydrogen-bond donors (Lipinski definition) is 2. The lowest BCUT2D eigenvalue weighted by atomic mass is 10.2. The van der Waals surface area contributed by atoms with Gasteiger partial charge in [-0.2, -0.15) is 0 Å². The van der Waals surface area contributed by atoms with E-state index in [9.17, 15) is 8.42 Å². The Kier molecular flexibility index (Phi) is 6.28. The summed E-state index contributed by atoms with van der Waals surface area (Å²) in [6, 6.07) is 0. The van der Waals surface area contributed by atoms with E-state index in [1.807, 2.05) is 0 Å². The summed E-state index contributed by atoms with van der Waals surface area (Å²) >= 11 is 0. The maximum atomic E-state index is 11.2. The van der Waals surface area contributed by atoms with Gasteiger partial charge in [-0.05, 0) is 33.2 Å². The monoisotopic (exact) mass is 208 g/mol. The second kappa shape index (κ2) is 6.34. The predicted octanol–water partition coefficient (Wildman–Crippen LogP) is 0.443. The van der Waals surface area contributed by atoms with Crippen molar-refractivity contribution in [2.45, 2.75) is 38.4 Å². The van der Waals surface area contributed by atoms with Gasteiger partial charge in [-0.1, -0.05) is 6.42 Å². The highest BCUT2D eigenvalue weighted by Crippen LogP contribution is 1.97. The van der Waals surface area contributed by atoms with E-state index < -0.39 is 10.0 Å². The van der Waals surface area contributed by atoms with E-state index in [-0.39, 0.29) is 5.25 Å². The Hall–Kier alpha value is -0.130. The van der Waals surface area contributed by atoms with E-state index in [0.29, 0.717) is 13.1 Å². The average Bonchev–Trinajstić information content (AvgIpc) is 2.03. The molecular formula is C8H20N2O2S. The van der Waals surface area contributed by atoms with E-state index in [1.54, 1.807) is 13.8 Å². The van der Waals surface area contributed by atoms with Crippen molar-refractivity contribution in [2.75, 3.05) is 13.1 Å². The van der Waals surface area contributed by atoms with Crippen LogP contribution in [0.3, 0.4) is 0 Å². The van der Waals surface area contributed by atoms with Crippen molar-refractivity contribution >= 4 is 10.0 Å². The molecule has 0 aromatic rings. The van der Waals surface area contributed by atoms with Gasteiger partial charge in [0, 0.05) is 6.54 Å². The number of hydrogen-bond acceptors (Lipinski definition) is 3. The van der Waals surface area contributed by atoms with Gasteiger partial charge in [0.2, 0.25) is 10.0 Å². The normalized spacial score (nSPS) is 12.3. The third kappa shape index (κ3) is 6.01. The van der Waals surface area contributed by atoms with Crippen LogP contribution in [0.2, 0.25) is 0 Å². The quantitative estimate of drug-likeness (QED) is 0.596. The average molecular weight is 208 g/mol. The molecule has 0 aliphatic carbocycles. The fraction of sp³-hybridized carbons (Fsp3) is 1.00. The number of sulfonamides is 1. The van der Waals surface area contributed by atoms with Crippen molar-refractivity contribution in [3.05, 3.63) is 0 Å². The van der Waals surface area contributed by atoms with Crippen LogP contribution in [0.4, 0.5) is 0 Å². The number of nitrogens with one attached hydrogen (secondary N) is 1. The molecule has 80 valence electrons. The van der Waals surface area contributed by atoms with Crippen molar-refractivity contribution in [3.8, 4) is 0 Å². The number of nitrogens with two attached hydrogens (primary N) is 1. The highest BCUT2D eigenvalue weighted by molar-refractivity contribution is 7.90. The third-order valence-corrected chi connectivity index (χ3v) is 3.65. The van der Waals surface area contributed by atoms with E-state index in [2.05, 4.69) is 4.72 Å². The van der Waals surface area contributed by atoms with Gasteiger partial charge in [0.15, 0.2) is 0 Å². The molecule has 0 fully saturated rings. The van der Waals surface area contributed by atoms with E-state index in [0.717, 1.165) is 19.3 Å². The minimum Gasteiger partial charge on any atom is -0.330 e. The van der Waals surface area contributed by atoms with E-state index >= 15 is 0 Å². The van der Waals surface area contributed by atoms with Crippen molar-refractivity contribution in [3.63, 3.8) is 0 Å². The van der Waals surface area contributed by atoms with Crippen LogP contribution >= 0.6 is 0 Å². The van der Waals surface area contributed by atoms with E-state index in [1.165, 1.54) is 0 Å². The molecular weight excluding hydrogens is 188 g/mol. The number of unbranched alkanes of at least 4 members (excludes halogenated alkanes) is 2. The van der Waals surface area contributed by atoms with Crippen LogP contribution in [0.15, 0.2) is 0 Å². The maximum absolute atomic E-state index is 11.2. The predicted molar refractivity (Wildman–Crippen MR) is 55.0 cm³/mol. The Morgan fingerprint density at radius 2 is 1.85 bits per heavy atom. The molecule has 0 atom stereocenters. The summed E-state index contributed by atoms with van der Waals surface area (Å²) in [4.78, 5) is 0. The summed E-state index contributed by atoms with van der Waals surface area (Å²) in [5.74, 6) is 0. The first-order valence-corrected chi connectivity index (χ1v) is 6.24. The standard InChI is InChI=1S/C8H20N2O2S/c1-8(2)13(11,12)10-7-5-3-4-6-9/h8,10H,3-7,9H2,1-2H3. The first kappa shape index (κ1) is 12.9. The zero-order chi connectivity index (χ0) is 10.3. The Bertz CT molecular complexity index is 212. The van der Waals surface area contributed by atoms with Crippen LogP contribution in [0.1, 0.15) is 33.1 Å². The highest BCUT2D eigenvalue weighted by atomic mass is 32.2. The van der Waals surface area contributed by atoms with Gasteiger partial charge in [-0.15, -0.1) is 0 Å². The van der Waals surface area contributed by atoms with Crippen LogP contribution in [0.5, 0.6) is 0 Å². The van der Waals surface area contributed by atoms with Gasteiger partial charge in [0.05, 0.1) is 5.25 Å². The second-order valence-electron chi connectivity index (χ2n) is 3.34. The van der Waals surface area contributed by atoms with Crippen LogP contribution in [0.25, 0.3) is 0 Å². The van der Waals surface area contributed by atoms with Gasteiger partial charge in [-0.3, -0.25) is 0 Å². The van der Waals surface area contributed by atoms with E-state index in [4.69, 9.17) is 5.73 Å². The fourth-order valence-electron chi connectivity index (χ4n) is 0.827. The van der Waals surface area contributed by atoms with Crippen molar-refractivity contribution < 1.29 is 8.42 Å². The molecule has 4 nitrogen and oxygen atoms in total. The van der Waals surface area contributed by atoms with Crippen molar-refractivity contribution in [1.29, 1.82) is 0 Å². The SMILES string of the molecule is CC(C)S(=O)(=O)NCCCCCN. The van der Waals surface area contributed by atoms with Crippen LogP contribution in [-0.4, -0.2) is 26.8 Å². The van der Waals surface area contributed by atoms with Crippen LogP contribution in [0, 0.1) is 0 Å². The molecule has 0 spiro atoms. The molecule has 0 aliphatic heterocycles. The number of rotatable bonds is 7. The van der Waals surface area contributed by atoms with Gasteiger partial charge >= 0.3 is 0 Å². The highest BCUT2D eigenvalue weighted by Gasteiger charge is 2.13. The smallest absolute Gasteiger partial charge is 0.213 e. The van der Waals surface area contributed by atoms with Gasteiger partial charge in [0.1, 0.15) is 0 Å². The van der Waals surface area contributed by atoms with Gasteiger partial charge in [-0.25, -0.2) is 13.1 Å². The molecule has 0 heterocycles. The fourth-order valence-corrected chi connectivity index (χ4v) is 1.59. The molecule has 3 N–H and O–H groups in total. The zero-order valence-electron chi connectivity index (χ0n) is 8.41. The molecule has 0 bridgehead atoms. The molecule has 0 unspecified atom stereocenters. The molecule has 0 amide bonds. The first-order chi connectivity index (χ1) is 6.00. The summed E-state index contributed by atoms with van der Waals surface area (Å²) in [6.45, 7) is 4.54. The molecule has 0 saturated heterocycles. The summed E-state index contributed by atoms with van der Waals surface area (Å²) < 4.78 is 25.0. The Labute approximate surface area is 80.9 Å². The lowest BCUT2D eigenvalue weighted by Gasteiger charge is -2.08. The molecule has 13 heavy (non-hydrogen) atoms. The lowest BCUT2D eigenvalue weighted by Crippen LogP contribution is -2.31. The molecule has 0 radical (unpaired) electrons. The lowest BCUT2D eigenvalue weighted by molar-refractivity contribution is 0.566.